The van der Waals surface area contributed by atoms with Crippen molar-refractivity contribution >= 4 is 18.2 Å². The second kappa shape index (κ2) is 5.47. The smallest absolute Gasteiger partial charge is 0.341 e. The number of carbonyl (C=O) groups is 1. The van der Waals surface area contributed by atoms with Crippen LogP contribution in [0.3, 0.4) is 0 Å². The third kappa shape index (κ3) is 2.36. The lowest BCUT2D eigenvalue weighted by atomic mass is 10.1. The van der Waals surface area contributed by atoms with Crippen LogP contribution < -0.4 is 5.56 Å². The molecule has 0 radical (unpaired) electrons. The van der Waals surface area contributed by atoms with Crippen LogP contribution in [0, 0.1) is 4.77 Å². The predicted octanol–water partition coefficient (Wildman–Crippen LogP) is 1.15. The van der Waals surface area contributed by atoms with Crippen LogP contribution in [-0.4, -0.2) is 42.8 Å². The van der Waals surface area contributed by atoms with Gasteiger partial charge in [-0.2, -0.15) is 10.2 Å². The van der Waals surface area contributed by atoms with E-state index in [9.17, 15) is 9.59 Å². The summed E-state index contributed by atoms with van der Waals surface area (Å²) in [5, 5.41) is 13.1. The summed E-state index contributed by atoms with van der Waals surface area (Å²) in [7, 11) is 1.26. The molecule has 1 aromatic heterocycles. The van der Waals surface area contributed by atoms with Gasteiger partial charge in [-0.05, 0) is 12.2 Å². The van der Waals surface area contributed by atoms with Crippen LogP contribution in [0.4, 0.5) is 0 Å². The first-order valence-electron chi connectivity index (χ1n) is 6.80. The third-order valence-electron chi connectivity index (χ3n) is 3.37. The Kier molecular flexibility index (Phi) is 3.60. The van der Waals surface area contributed by atoms with E-state index in [2.05, 4.69) is 20.4 Å². The zero-order valence-electron chi connectivity index (χ0n) is 12.7. The minimum Gasteiger partial charge on any atom is -0.465 e. The van der Waals surface area contributed by atoms with Gasteiger partial charge in [0.25, 0.3) is 5.56 Å². The fourth-order valence-electron chi connectivity index (χ4n) is 2.30. The molecule has 0 saturated carbocycles. The number of esters is 1. The Labute approximate surface area is 135 Å². The van der Waals surface area contributed by atoms with E-state index in [1.54, 1.807) is 10.9 Å². The van der Waals surface area contributed by atoms with Crippen molar-refractivity contribution < 1.29 is 9.53 Å². The first-order valence-corrected chi connectivity index (χ1v) is 7.21. The zero-order chi connectivity index (χ0) is 16.7. The van der Waals surface area contributed by atoms with E-state index < -0.39 is 11.5 Å². The van der Waals surface area contributed by atoms with Crippen molar-refractivity contribution in [3.63, 3.8) is 0 Å². The molecule has 2 N–H and O–H groups in total. The summed E-state index contributed by atoms with van der Waals surface area (Å²) in [4.78, 5) is 23.9. The lowest BCUT2D eigenvalue weighted by Gasteiger charge is -2.15. The number of hydrogen-bond donors (Lipinski definition) is 2. The van der Waals surface area contributed by atoms with Crippen LogP contribution in [0.25, 0.3) is 11.3 Å². The van der Waals surface area contributed by atoms with Crippen molar-refractivity contribution in [1.82, 2.24) is 29.7 Å². The van der Waals surface area contributed by atoms with Crippen molar-refractivity contribution in [3.8, 4) is 11.3 Å². The maximum Gasteiger partial charge on any atom is 0.341 e. The molecule has 3 rings (SSSR count). The van der Waals surface area contributed by atoms with Gasteiger partial charge in [-0.3, -0.25) is 14.6 Å². The summed E-state index contributed by atoms with van der Waals surface area (Å²) < 4.78 is 8.25. The molecule has 9 nitrogen and oxygen atoms in total. The van der Waals surface area contributed by atoms with Gasteiger partial charge in [0.2, 0.25) is 4.77 Å². The highest BCUT2D eigenvalue weighted by Gasteiger charge is 2.23. The summed E-state index contributed by atoms with van der Waals surface area (Å²) in [6, 6.07) is 0. The van der Waals surface area contributed by atoms with Crippen molar-refractivity contribution in [2.75, 3.05) is 7.11 Å². The SMILES string of the molecule is COC(=O)c1cn(-n2c(C(C)C)n[nH]c2=S)cc2c(=O)[nH]nc1-2. The summed E-state index contributed by atoms with van der Waals surface area (Å²) in [5.74, 6) is 0.131. The molecule has 2 aliphatic heterocycles. The second-order valence-corrected chi connectivity index (χ2v) is 5.60. The fraction of sp³-hybridized carbons (Fsp3) is 0.308. The summed E-state index contributed by atoms with van der Waals surface area (Å²) in [5.41, 5.74) is 0.256. The molecule has 0 fully saturated rings. The zero-order valence-corrected chi connectivity index (χ0v) is 13.5. The van der Waals surface area contributed by atoms with Gasteiger partial charge in [0.15, 0.2) is 5.82 Å². The number of hydrogen-bond acceptors (Lipinski definition) is 6. The number of ether oxygens (including phenoxy) is 1. The lowest BCUT2D eigenvalue weighted by molar-refractivity contribution is 0.0600. The molecule has 0 bridgehead atoms. The summed E-state index contributed by atoms with van der Waals surface area (Å²) in [6.45, 7) is 3.91. The highest BCUT2D eigenvalue weighted by Crippen LogP contribution is 2.22. The molecule has 120 valence electrons. The van der Waals surface area contributed by atoms with Crippen LogP contribution >= 0.6 is 12.2 Å². The van der Waals surface area contributed by atoms with Crippen LogP contribution in [0.5, 0.6) is 0 Å². The Hall–Kier alpha value is -2.75. The van der Waals surface area contributed by atoms with E-state index in [1.165, 1.54) is 18.0 Å². The van der Waals surface area contributed by atoms with E-state index in [0.29, 0.717) is 10.6 Å². The highest BCUT2D eigenvalue weighted by atomic mass is 32.1. The Morgan fingerprint density at radius 3 is 2.70 bits per heavy atom. The number of aromatic nitrogens is 6. The Morgan fingerprint density at radius 2 is 2.04 bits per heavy atom. The molecular weight excluding hydrogens is 320 g/mol. The number of carbonyl (C=O) groups excluding carboxylic acids is 1. The molecule has 2 aliphatic rings. The number of methoxy groups -OCH3 is 1. The third-order valence-corrected chi connectivity index (χ3v) is 3.64. The Bertz CT molecular complexity index is 963. The van der Waals surface area contributed by atoms with Gasteiger partial charge >= 0.3 is 5.97 Å². The van der Waals surface area contributed by atoms with Gasteiger partial charge in [-0.15, -0.1) is 0 Å². The van der Waals surface area contributed by atoms with E-state index in [0.717, 1.165) is 0 Å². The van der Waals surface area contributed by atoms with E-state index in [-0.39, 0.29) is 22.7 Å². The molecule has 23 heavy (non-hydrogen) atoms. The topological polar surface area (TPSA) is 111 Å². The van der Waals surface area contributed by atoms with Crippen molar-refractivity contribution in [2.24, 2.45) is 0 Å². The summed E-state index contributed by atoms with van der Waals surface area (Å²) in [6.07, 6.45) is 3.05. The van der Waals surface area contributed by atoms with Crippen LogP contribution in [0.15, 0.2) is 17.2 Å². The maximum atomic E-state index is 12.0. The maximum absolute atomic E-state index is 12.0. The number of nitrogens with zero attached hydrogens (tertiary/aromatic N) is 4. The van der Waals surface area contributed by atoms with E-state index in [4.69, 9.17) is 17.0 Å². The number of H-pyrrole nitrogens is 2. The quantitative estimate of drug-likeness (QED) is 0.549. The first-order chi connectivity index (χ1) is 10.9. The minimum absolute atomic E-state index is 0.0730. The molecule has 0 saturated heterocycles. The second-order valence-electron chi connectivity index (χ2n) is 5.21. The number of rotatable bonds is 3. The monoisotopic (exact) mass is 334 g/mol. The number of fused-ring (bicyclic) bond motifs is 1. The lowest BCUT2D eigenvalue weighted by Crippen LogP contribution is -2.19. The van der Waals surface area contributed by atoms with Crippen molar-refractivity contribution in [1.29, 1.82) is 0 Å². The number of aromatic amines is 2. The fourth-order valence-corrected chi connectivity index (χ4v) is 2.53. The van der Waals surface area contributed by atoms with Gasteiger partial charge in [0.05, 0.1) is 12.7 Å². The first kappa shape index (κ1) is 15.2. The normalized spacial score (nSPS) is 11.3. The minimum atomic E-state index is -0.600. The molecule has 0 unspecified atom stereocenters. The average Bonchev–Trinajstić information content (AvgIpc) is 3.09. The Morgan fingerprint density at radius 1 is 1.30 bits per heavy atom. The van der Waals surface area contributed by atoms with Gasteiger partial charge in [0.1, 0.15) is 11.3 Å². The van der Waals surface area contributed by atoms with Crippen LogP contribution in [0.1, 0.15) is 35.9 Å². The van der Waals surface area contributed by atoms with Crippen molar-refractivity contribution in [2.45, 2.75) is 19.8 Å². The molecule has 0 amide bonds. The molecule has 1 aromatic rings. The predicted molar refractivity (Wildman–Crippen MR) is 83.1 cm³/mol. The van der Waals surface area contributed by atoms with Crippen LogP contribution in [0.2, 0.25) is 0 Å². The van der Waals surface area contributed by atoms with Gasteiger partial charge in [-0.25, -0.2) is 14.6 Å². The van der Waals surface area contributed by atoms with Crippen molar-refractivity contribution in [3.05, 3.63) is 38.9 Å². The molecule has 0 aromatic carbocycles. The molecule has 10 heteroatoms. The summed E-state index contributed by atoms with van der Waals surface area (Å²) >= 11 is 5.25. The molecule has 0 spiro atoms. The Balaban J connectivity index is 2.35. The van der Waals surface area contributed by atoms with E-state index in [1.807, 2.05) is 13.8 Å². The molecular formula is C13H14N6O3S. The van der Waals surface area contributed by atoms with Crippen LogP contribution in [-0.2, 0) is 4.74 Å². The molecule has 3 heterocycles. The highest BCUT2D eigenvalue weighted by molar-refractivity contribution is 7.71. The van der Waals surface area contributed by atoms with Gasteiger partial charge in [-0.1, -0.05) is 13.8 Å². The number of nitrogens with one attached hydrogen (secondary N) is 2. The standard InChI is InChI=1S/C13H14N6O3S/c1-6(2)10-15-17-13(23)19(10)18-4-7-9(14-16-11(7)20)8(5-18)12(21)22-3/h4-6H,1-3H3,(H,16,20)(H,17,23). The molecule has 0 atom stereocenters. The average molecular weight is 334 g/mol. The largest absolute Gasteiger partial charge is 0.465 e. The van der Waals surface area contributed by atoms with Gasteiger partial charge < -0.3 is 4.74 Å². The molecule has 0 aliphatic carbocycles. The number of pyridine rings is 1. The van der Waals surface area contributed by atoms with E-state index >= 15 is 0 Å². The van der Waals surface area contributed by atoms with Gasteiger partial charge in [0, 0.05) is 18.3 Å².